The average Bonchev–Trinajstić information content (AvgIpc) is 2.86. The van der Waals surface area contributed by atoms with Crippen molar-refractivity contribution in [1.29, 1.82) is 0 Å². The van der Waals surface area contributed by atoms with Crippen LogP contribution in [0.3, 0.4) is 0 Å². The molecule has 172 valence electrons. The fourth-order valence-electron chi connectivity index (χ4n) is 3.61. The number of aromatic nitrogens is 3. The number of rotatable bonds is 7. The molecule has 4 aromatic rings. The predicted octanol–water partition coefficient (Wildman–Crippen LogP) is 6.58. The molecule has 0 bridgehead atoms. The molecule has 0 aliphatic heterocycles. The van der Waals surface area contributed by atoms with Gasteiger partial charge in [0.2, 0.25) is 5.88 Å². The van der Waals surface area contributed by atoms with Crippen LogP contribution >= 0.6 is 0 Å². The molecule has 1 amide bonds. The van der Waals surface area contributed by atoms with E-state index in [1.165, 1.54) is 5.56 Å². The van der Waals surface area contributed by atoms with Crippen molar-refractivity contribution in [1.82, 2.24) is 15.0 Å². The molecule has 0 saturated heterocycles. The molecular formula is C28H28N4O2. The molecule has 2 aromatic carbocycles. The molecule has 2 heterocycles. The van der Waals surface area contributed by atoms with Crippen molar-refractivity contribution in [3.8, 4) is 22.9 Å². The van der Waals surface area contributed by atoms with Crippen LogP contribution in [-0.2, 0) is 6.42 Å². The Balaban J connectivity index is 1.59. The van der Waals surface area contributed by atoms with Gasteiger partial charge in [-0.3, -0.25) is 4.79 Å². The van der Waals surface area contributed by atoms with Gasteiger partial charge in [0, 0.05) is 35.6 Å². The number of aryl methyl sites for hydroxylation is 1. The summed E-state index contributed by atoms with van der Waals surface area (Å²) in [6, 6.07) is 18.9. The Labute approximate surface area is 200 Å². The van der Waals surface area contributed by atoms with Gasteiger partial charge in [0.05, 0.1) is 11.3 Å². The first kappa shape index (κ1) is 23.1. The van der Waals surface area contributed by atoms with Gasteiger partial charge in [-0.2, -0.15) is 0 Å². The minimum Gasteiger partial charge on any atom is -0.438 e. The Morgan fingerprint density at radius 3 is 2.50 bits per heavy atom. The average molecular weight is 453 g/mol. The van der Waals surface area contributed by atoms with Gasteiger partial charge in [-0.05, 0) is 60.9 Å². The van der Waals surface area contributed by atoms with Crippen LogP contribution < -0.4 is 10.1 Å². The lowest BCUT2D eigenvalue weighted by atomic mass is 10.0. The predicted molar refractivity (Wildman–Crippen MR) is 134 cm³/mol. The second-order valence-corrected chi connectivity index (χ2v) is 8.33. The third-order valence-corrected chi connectivity index (χ3v) is 5.64. The molecule has 0 saturated carbocycles. The first-order valence-electron chi connectivity index (χ1n) is 11.4. The molecule has 6 nitrogen and oxygen atoms in total. The van der Waals surface area contributed by atoms with Crippen LogP contribution in [0.15, 0.2) is 73.1 Å². The van der Waals surface area contributed by atoms with E-state index in [0.717, 1.165) is 34.8 Å². The Hall–Kier alpha value is -4.06. The zero-order chi connectivity index (χ0) is 24.1. The molecule has 2 aromatic heterocycles. The number of pyridine rings is 1. The lowest BCUT2D eigenvalue weighted by Crippen LogP contribution is -2.13. The van der Waals surface area contributed by atoms with Crippen molar-refractivity contribution in [2.24, 2.45) is 0 Å². The monoisotopic (exact) mass is 452 g/mol. The Kier molecular flexibility index (Phi) is 6.97. The molecule has 0 aliphatic carbocycles. The molecule has 0 aliphatic rings. The molecule has 6 heteroatoms. The first-order valence-corrected chi connectivity index (χ1v) is 11.4. The van der Waals surface area contributed by atoms with Gasteiger partial charge >= 0.3 is 0 Å². The van der Waals surface area contributed by atoms with Crippen LogP contribution in [0.4, 0.5) is 5.69 Å². The van der Waals surface area contributed by atoms with E-state index in [2.05, 4.69) is 34.1 Å². The maximum atomic E-state index is 13.0. The smallest absolute Gasteiger partial charge is 0.256 e. The topological polar surface area (TPSA) is 77.0 Å². The Bertz CT molecular complexity index is 1300. The van der Waals surface area contributed by atoms with Gasteiger partial charge in [-0.25, -0.2) is 15.0 Å². The minimum absolute atomic E-state index is 0.190. The summed E-state index contributed by atoms with van der Waals surface area (Å²) in [4.78, 5) is 26.3. The molecule has 34 heavy (non-hydrogen) atoms. The van der Waals surface area contributed by atoms with Gasteiger partial charge in [-0.1, -0.05) is 39.0 Å². The number of carbonyl (C=O) groups excluding carboxylic acids is 1. The zero-order valence-corrected chi connectivity index (χ0v) is 19.9. The number of amides is 1. The van der Waals surface area contributed by atoms with Crippen molar-refractivity contribution >= 4 is 11.6 Å². The van der Waals surface area contributed by atoms with E-state index in [1.54, 1.807) is 18.5 Å². The molecule has 0 fully saturated rings. The summed E-state index contributed by atoms with van der Waals surface area (Å²) < 4.78 is 6.20. The summed E-state index contributed by atoms with van der Waals surface area (Å²) >= 11 is 0. The number of nitrogens with one attached hydrogen (secondary N) is 1. The largest absolute Gasteiger partial charge is 0.438 e. The molecule has 1 N–H and O–H groups in total. The molecule has 0 unspecified atom stereocenters. The summed E-state index contributed by atoms with van der Waals surface area (Å²) in [5, 5.41) is 2.98. The molecular weight excluding hydrogens is 424 g/mol. The normalized spacial score (nSPS) is 10.9. The maximum absolute atomic E-state index is 13.0. The first-order chi connectivity index (χ1) is 16.5. The highest BCUT2D eigenvalue weighted by molar-refractivity contribution is 6.05. The Morgan fingerprint density at radius 2 is 1.76 bits per heavy atom. The molecule has 0 radical (unpaired) electrons. The van der Waals surface area contributed by atoms with E-state index in [0.29, 0.717) is 23.1 Å². The van der Waals surface area contributed by atoms with Crippen molar-refractivity contribution in [3.05, 3.63) is 95.6 Å². The van der Waals surface area contributed by atoms with E-state index in [-0.39, 0.29) is 5.91 Å². The quantitative estimate of drug-likeness (QED) is 0.343. The van der Waals surface area contributed by atoms with Crippen molar-refractivity contribution in [2.45, 2.75) is 40.0 Å². The second kappa shape index (κ2) is 10.3. The molecule has 0 spiro atoms. The van der Waals surface area contributed by atoms with Crippen LogP contribution in [0, 0.1) is 6.92 Å². The van der Waals surface area contributed by atoms with Gasteiger partial charge in [0.1, 0.15) is 11.6 Å². The number of anilines is 1. The standard InChI is InChI=1S/C28H28N4O2/c1-5-26-29-17-15-24(32-26)23-9-7-16-30-28(23)34-25-10-6-8-22(19(25)4)27(33)31-21-13-11-20(12-14-21)18(2)3/h6-18H,5H2,1-4H3,(H,31,33). The van der Waals surface area contributed by atoms with Crippen molar-refractivity contribution < 1.29 is 9.53 Å². The highest BCUT2D eigenvalue weighted by atomic mass is 16.5. The van der Waals surface area contributed by atoms with Gasteiger partial charge in [0.25, 0.3) is 5.91 Å². The van der Waals surface area contributed by atoms with Gasteiger partial charge in [-0.15, -0.1) is 0 Å². The third-order valence-electron chi connectivity index (χ3n) is 5.64. The molecule has 0 atom stereocenters. The fourth-order valence-corrected chi connectivity index (χ4v) is 3.61. The number of ether oxygens (including phenoxy) is 1. The van der Waals surface area contributed by atoms with Crippen molar-refractivity contribution in [2.75, 3.05) is 5.32 Å². The Morgan fingerprint density at radius 1 is 0.971 bits per heavy atom. The number of nitrogens with zero attached hydrogens (tertiary/aromatic N) is 3. The highest BCUT2D eigenvalue weighted by Crippen LogP contribution is 2.33. The summed E-state index contributed by atoms with van der Waals surface area (Å²) in [7, 11) is 0. The summed E-state index contributed by atoms with van der Waals surface area (Å²) in [5.41, 5.74) is 4.75. The van der Waals surface area contributed by atoms with Crippen LogP contribution in [0.2, 0.25) is 0 Å². The molecule has 4 rings (SSSR count). The second-order valence-electron chi connectivity index (χ2n) is 8.33. The van der Waals surface area contributed by atoms with Gasteiger partial charge < -0.3 is 10.1 Å². The number of hydrogen-bond acceptors (Lipinski definition) is 5. The van der Waals surface area contributed by atoms with E-state index in [4.69, 9.17) is 4.74 Å². The van der Waals surface area contributed by atoms with Crippen LogP contribution in [0.25, 0.3) is 11.3 Å². The van der Waals surface area contributed by atoms with Crippen LogP contribution in [-0.4, -0.2) is 20.9 Å². The summed E-state index contributed by atoms with van der Waals surface area (Å²) in [6.07, 6.45) is 4.15. The summed E-state index contributed by atoms with van der Waals surface area (Å²) in [6.45, 7) is 8.17. The van der Waals surface area contributed by atoms with Crippen molar-refractivity contribution in [3.63, 3.8) is 0 Å². The minimum atomic E-state index is -0.190. The number of benzene rings is 2. The number of carbonyl (C=O) groups is 1. The van der Waals surface area contributed by atoms with Crippen LogP contribution in [0.1, 0.15) is 54.0 Å². The van der Waals surface area contributed by atoms with E-state index in [1.807, 2.05) is 68.4 Å². The van der Waals surface area contributed by atoms with E-state index < -0.39 is 0 Å². The summed E-state index contributed by atoms with van der Waals surface area (Å²) in [5.74, 6) is 1.99. The fraction of sp³-hybridized carbons (Fsp3) is 0.214. The van der Waals surface area contributed by atoms with Crippen LogP contribution in [0.5, 0.6) is 11.6 Å². The van der Waals surface area contributed by atoms with E-state index >= 15 is 0 Å². The SMILES string of the molecule is CCc1nccc(-c2cccnc2Oc2cccc(C(=O)Nc3ccc(C(C)C)cc3)c2C)n1. The van der Waals surface area contributed by atoms with Gasteiger partial charge in [0.15, 0.2) is 0 Å². The zero-order valence-electron chi connectivity index (χ0n) is 19.9. The lowest BCUT2D eigenvalue weighted by Gasteiger charge is -2.14. The lowest BCUT2D eigenvalue weighted by molar-refractivity contribution is 0.102. The highest BCUT2D eigenvalue weighted by Gasteiger charge is 2.16. The third kappa shape index (κ3) is 5.12. The number of hydrogen-bond donors (Lipinski definition) is 1. The van der Waals surface area contributed by atoms with E-state index in [9.17, 15) is 4.79 Å². The maximum Gasteiger partial charge on any atom is 0.256 e.